The number of carbonyl (C=O) groups excluding carboxylic acids is 1. The smallest absolute Gasteiger partial charge is 0.227 e. The zero-order valence-electron chi connectivity index (χ0n) is 7.28. The molecule has 0 saturated carbocycles. The molecular weight excluding hydrogens is 174 g/mol. The zero-order chi connectivity index (χ0) is 9.52. The van der Waals surface area contributed by atoms with E-state index in [1.165, 1.54) is 0 Å². The molecule has 0 aliphatic heterocycles. The lowest BCUT2D eigenvalue weighted by atomic mass is 10.4. The van der Waals surface area contributed by atoms with Gasteiger partial charge in [-0.05, 0) is 0 Å². The SMILES string of the molecule is COCCNC(=O)Cc1nn[nH]n1. The highest BCUT2D eigenvalue weighted by Gasteiger charge is 2.05. The van der Waals surface area contributed by atoms with Gasteiger partial charge in [0.2, 0.25) is 5.91 Å². The molecule has 0 aliphatic rings. The van der Waals surface area contributed by atoms with Gasteiger partial charge in [0, 0.05) is 13.7 Å². The fourth-order valence-corrected chi connectivity index (χ4v) is 0.756. The van der Waals surface area contributed by atoms with Gasteiger partial charge in [-0.15, -0.1) is 10.2 Å². The minimum Gasteiger partial charge on any atom is -0.383 e. The fraction of sp³-hybridized carbons (Fsp3) is 0.667. The average Bonchev–Trinajstić information content (AvgIpc) is 2.57. The standard InChI is InChI=1S/C6H11N5O2/c1-13-3-2-7-6(12)4-5-8-10-11-9-5/h2-4H2,1H3,(H,7,12)(H,8,9,10,11). The van der Waals surface area contributed by atoms with Crippen molar-refractivity contribution in [2.24, 2.45) is 0 Å². The Bertz CT molecular complexity index is 248. The van der Waals surface area contributed by atoms with E-state index in [4.69, 9.17) is 4.74 Å². The van der Waals surface area contributed by atoms with Crippen molar-refractivity contribution in [1.29, 1.82) is 0 Å². The molecule has 0 spiro atoms. The van der Waals surface area contributed by atoms with Gasteiger partial charge >= 0.3 is 0 Å². The Morgan fingerprint density at radius 3 is 3.15 bits per heavy atom. The summed E-state index contributed by atoms with van der Waals surface area (Å²) >= 11 is 0. The predicted molar refractivity (Wildman–Crippen MR) is 42.8 cm³/mol. The van der Waals surface area contributed by atoms with Crippen LogP contribution >= 0.6 is 0 Å². The van der Waals surface area contributed by atoms with E-state index in [1.807, 2.05) is 0 Å². The number of aromatic amines is 1. The molecule has 72 valence electrons. The Morgan fingerprint density at radius 1 is 1.69 bits per heavy atom. The van der Waals surface area contributed by atoms with Crippen LogP contribution in [0.25, 0.3) is 0 Å². The summed E-state index contributed by atoms with van der Waals surface area (Å²) in [5.74, 6) is 0.244. The van der Waals surface area contributed by atoms with Crippen molar-refractivity contribution in [3.05, 3.63) is 5.82 Å². The second-order valence-corrected chi connectivity index (χ2v) is 2.35. The number of nitrogens with zero attached hydrogens (tertiary/aromatic N) is 3. The van der Waals surface area contributed by atoms with E-state index in [2.05, 4.69) is 25.9 Å². The number of methoxy groups -OCH3 is 1. The lowest BCUT2D eigenvalue weighted by molar-refractivity contribution is -0.120. The number of amides is 1. The van der Waals surface area contributed by atoms with Crippen molar-refractivity contribution >= 4 is 5.91 Å². The molecule has 1 heterocycles. The number of aromatic nitrogens is 4. The van der Waals surface area contributed by atoms with Crippen LogP contribution in [0.4, 0.5) is 0 Å². The Morgan fingerprint density at radius 2 is 2.54 bits per heavy atom. The molecule has 0 saturated heterocycles. The van der Waals surface area contributed by atoms with Crippen LogP contribution in [0.15, 0.2) is 0 Å². The highest BCUT2D eigenvalue weighted by molar-refractivity contribution is 5.77. The second-order valence-electron chi connectivity index (χ2n) is 2.35. The Labute approximate surface area is 74.9 Å². The molecular formula is C6H11N5O2. The lowest BCUT2D eigenvalue weighted by Crippen LogP contribution is -2.28. The van der Waals surface area contributed by atoms with Gasteiger partial charge in [-0.2, -0.15) is 5.21 Å². The predicted octanol–water partition coefficient (Wildman–Crippen LogP) is -1.50. The number of H-pyrrole nitrogens is 1. The van der Waals surface area contributed by atoms with E-state index >= 15 is 0 Å². The molecule has 0 bridgehead atoms. The lowest BCUT2D eigenvalue weighted by Gasteiger charge is -2.01. The third-order valence-electron chi connectivity index (χ3n) is 1.34. The van der Waals surface area contributed by atoms with E-state index in [9.17, 15) is 4.79 Å². The van der Waals surface area contributed by atoms with E-state index in [0.717, 1.165) is 0 Å². The Hall–Kier alpha value is -1.50. The summed E-state index contributed by atoms with van der Waals surface area (Å²) < 4.78 is 4.76. The van der Waals surface area contributed by atoms with Crippen molar-refractivity contribution < 1.29 is 9.53 Å². The van der Waals surface area contributed by atoms with E-state index < -0.39 is 0 Å². The third kappa shape index (κ3) is 3.61. The number of rotatable bonds is 5. The first-order valence-electron chi connectivity index (χ1n) is 3.81. The second kappa shape index (κ2) is 5.20. The molecule has 0 unspecified atom stereocenters. The molecule has 7 nitrogen and oxygen atoms in total. The van der Waals surface area contributed by atoms with Gasteiger partial charge in [0.25, 0.3) is 0 Å². The maximum absolute atomic E-state index is 11.1. The molecule has 0 fully saturated rings. The van der Waals surface area contributed by atoms with E-state index in [1.54, 1.807) is 7.11 Å². The van der Waals surface area contributed by atoms with Gasteiger partial charge < -0.3 is 10.1 Å². The Kier molecular flexibility index (Phi) is 3.83. The van der Waals surface area contributed by atoms with E-state index in [-0.39, 0.29) is 12.3 Å². The quantitative estimate of drug-likeness (QED) is 0.545. The summed E-state index contributed by atoms with van der Waals surface area (Å²) in [7, 11) is 1.57. The molecule has 7 heteroatoms. The van der Waals surface area contributed by atoms with Gasteiger partial charge in [-0.3, -0.25) is 4.79 Å². The molecule has 0 aromatic carbocycles. The number of carbonyl (C=O) groups is 1. The van der Waals surface area contributed by atoms with Crippen molar-refractivity contribution in [2.75, 3.05) is 20.3 Å². The van der Waals surface area contributed by atoms with Crippen LogP contribution in [-0.2, 0) is 16.0 Å². The van der Waals surface area contributed by atoms with Gasteiger partial charge in [-0.1, -0.05) is 5.21 Å². The number of hydrogen-bond donors (Lipinski definition) is 2. The summed E-state index contributed by atoms with van der Waals surface area (Å²) in [5.41, 5.74) is 0. The van der Waals surface area contributed by atoms with Gasteiger partial charge in [-0.25, -0.2) is 0 Å². The van der Waals surface area contributed by atoms with Crippen molar-refractivity contribution in [2.45, 2.75) is 6.42 Å². The summed E-state index contributed by atoms with van der Waals surface area (Å²) in [5, 5.41) is 15.5. The largest absolute Gasteiger partial charge is 0.383 e. The summed E-state index contributed by atoms with van der Waals surface area (Å²) in [6, 6.07) is 0. The molecule has 0 radical (unpaired) electrons. The summed E-state index contributed by atoms with van der Waals surface area (Å²) in [6.07, 6.45) is 0.139. The minimum absolute atomic E-state index is 0.139. The third-order valence-corrected chi connectivity index (χ3v) is 1.34. The van der Waals surface area contributed by atoms with E-state index in [0.29, 0.717) is 19.0 Å². The molecule has 1 amide bonds. The summed E-state index contributed by atoms with van der Waals surface area (Å²) in [6.45, 7) is 0.991. The first kappa shape index (κ1) is 9.59. The number of hydrogen-bond acceptors (Lipinski definition) is 5. The number of ether oxygens (including phenoxy) is 1. The van der Waals surface area contributed by atoms with Gasteiger partial charge in [0.15, 0.2) is 5.82 Å². The van der Waals surface area contributed by atoms with Crippen molar-refractivity contribution in [3.63, 3.8) is 0 Å². The van der Waals surface area contributed by atoms with Gasteiger partial charge in [0.1, 0.15) is 0 Å². The average molecular weight is 185 g/mol. The molecule has 1 aromatic rings. The van der Waals surface area contributed by atoms with Crippen LogP contribution in [0.3, 0.4) is 0 Å². The van der Waals surface area contributed by atoms with Crippen LogP contribution in [0.2, 0.25) is 0 Å². The first-order valence-corrected chi connectivity index (χ1v) is 3.81. The number of tetrazole rings is 1. The number of nitrogens with one attached hydrogen (secondary N) is 2. The fourth-order valence-electron chi connectivity index (χ4n) is 0.756. The molecule has 1 aromatic heterocycles. The van der Waals surface area contributed by atoms with Crippen LogP contribution in [0.5, 0.6) is 0 Å². The highest BCUT2D eigenvalue weighted by atomic mass is 16.5. The Balaban J connectivity index is 2.18. The van der Waals surface area contributed by atoms with Crippen LogP contribution < -0.4 is 5.32 Å². The minimum atomic E-state index is -0.140. The maximum atomic E-state index is 11.1. The highest BCUT2D eigenvalue weighted by Crippen LogP contribution is 1.84. The topological polar surface area (TPSA) is 92.8 Å². The monoisotopic (exact) mass is 185 g/mol. The van der Waals surface area contributed by atoms with Crippen LogP contribution in [0.1, 0.15) is 5.82 Å². The molecule has 0 atom stereocenters. The van der Waals surface area contributed by atoms with Crippen molar-refractivity contribution in [3.8, 4) is 0 Å². The molecule has 13 heavy (non-hydrogen) atoms. The maximum Gasteiger partial charge on any atom is 0.227 e. The summed E-state index contributed by atoms with van der Waals surface area (Å²) in [4.78, 5) is 11.1. The normalized spacial score (nSPS) is 9.92. The van der Waals surface area contributed by atoms with Crippen molar-refractivity contribution in [1.82, 2.24) is 25.9 Å². The molecule has 0 aliphatic carbocycles. The molecule has 2 N–H and O–H groups in total. The van der Waals surface area contributed by atoms with Gasteiger partial charge in [0.05, 0.1) is 13.0 Å². The van der Waals surface area contributed by atoms with Crippen LogP contribution in [0, 0.1) is 0 Å². The first-order chi connectivity index (χ1) is 6.33. The zero-order valence-corrected chi connectivity index (χ0v) is 7.28. The molecule has 1 rings (SSSR count). The van der Waals surface area contributed by atoms with Crippen LogP contribution in [-0.4, -0.2) is 46.8 Å².